The van der Waals surface area contributed by atoms with Crippen LogP contribution in [0.1, 0.15) is 24.1 Å². The molecule has 1 unspecified atom stereocenters. The van der Waals surface area contributed by atoms with Crippen molar-refractivity contribution in [3.63, 3.8) is 0 Å². The van der Waals surface area contributed by atoms with E-state index in [1.807, 2.05) is 24.3 Å². The summed E-state index contributed by atoms with van der Waals surface area (Å²) in [6.07, 6.45) is 0. The molecule has 0 radical (unpaired) electrons. The first-order chi connectivity index (χ1) is 9.60. The quantitative estimate of drug-likeness (QED) is 0.885. The fourth-order valence-electron chi connectivity index (χ4n) is 1.94. The molecule has 0 spiro atoms. The Labute approximate surface area is 123 Å². The zero-order valence-electron chi connectivity index (χ0n) is 11.5. The highest BCUT2D eigenvalue weighted by Crippen LogP contribution is 2.20. The number of hydrogen-bond donors (Lipinski definition) is 1. The molecule has 2 nitrogen and oxygen atoms in total. The van der Waals surface area contributed by atoms with Crippen molar-refractivity contribution in [1.82, 2.24) is 5.32 Å². The molecular formula is C16H17ClFNO. The van der Waals surface area contributed by atoms with Gasteiger partial charge in [-0.3, -0.25) is 0 Å². The van der Waals surface area contributed by atoms with Gasteiger partial charge in [0.05, 0.1) is 7.11 Å². The van der Waals surface area contributed by atoms with Crippen molar-refractivity contribution in [3.05, 3.63) is 64.4 Å². The molecule has 0 fully saturated rings. The van der Waals surface area contributed by atoms with Crippen LogP contribution in [0.2, 0.25) is 5.02 Å². The minimum Gasteiger partial charge on any atom is -0.497 e. The molecule has 2 aromatic rings. The van der Waals surface area contributed by atoms with Gasteiger partial charge in [-0.2, -0.15) is 0 Å². The van der Waals surface area contributed by atoms with Crippen LogP contribution < -0.4 is 10.1 Å². The molecule has 0 bridgehead atoms. The molecule has 0 saturated heterocycles. The molecular weight excluding hydrogens is 277 g/mol. The van der Waals surface area contributed by atoms with E-state index in [1.165, 1.54) is 12.1 Å². The average Bonchev–Trinajstić information content (AvgIpc) is 2.46. The van der Waals surface area contributed by atoms with E-state index in [1.54, 1.807) is 13.2 Å². The summed E-state index contributed by atoms with van der Waals surface area (Å²) in [7, 11) is 1.65. The maximum Gasteiger partial charge on any atom is 0.124 e. The largest absolute Gasteiger partial charge is 0.497 e. The predicted molar refractivity (Wildman–Crippen MR) is 79.7 cm³/mol. The highest BCUT2D eigenvalue weighted by atomic mass is 35.5. The van der Waals surface area contributed by atoms with E-state index in [-0.39, 0.29) is 11.9 Å². The molecule has 4 heteroatoms. The lowest BCUT2D eigenvalue weighted by molar-refractivity contribution is 0.414. The topological polar surface area (TPSA) is 21.3 Å². The third-order valence-electron chi connectivity index (χ3n) is 3.23. The highest BCUT2D eigenvalue weighted by molar-refractivity contribution is 6.31. The molecule has 1 N–H and O–H groups in total. The molecule has 0 aromatic heterocycles. The number of ether oxygens (including phenoxy) is 1. The normalized spacial score (nSPS) is 12.2. The molecule has 0 amide bonds. The van der Waals surface area contributed by atoms with E-state index in [9.17, 15) is 4.39 Å². The third-order valence-corrected chi connectivity index (χ3v) is 3.58. The summed E-state index contributed by atoms with van der Waals surface area (Å²) in [6.45, 7) is 2.66. The Balaban J connectivity index is 1.98. The molecule has 2 aromatic carbocycles. The maximum atomic E-state index is 13.0. The van der Waals surface area contributed by atoms with Gasteiger partial charge in [-0.05, 0) is 42.3 Å². The van der Waals surface area contributed by atoms with E-state index in [0.717, 1.165) is 16.9 Å². The number of nitrogens with one attached hydrogen (secondary N) is 1. The second kappa shape index (κ2) is 6.73. The summed E-state index contributed by atoms with van der Waals surface area (Å²) in [5, 5.41) is 3.81. The summed E-state index contributed by atoms with van der Waals surface area (Å²) in [5.41, 5.74) is 2.04. The molecule has 0 heterocycles. The molecule has 0 aliphatic heterocycles. The zero-order valence-corrected chi connectivity index (χ0v) is 12.2. The van der Waals surface area contributed by atoms with Crippen LogP contribution in [-0.2, 0) is 6.54 Å². The van der Waals surface area contributed by atoms with Crippen molar-refractivity contribution < 1.29 is 9.13 Å². The predicted octanol–water partition coefficient (Wildman–Crippen LogP) is 4.34. The second-order valence-electron chi connectivity index (χ2n) is 4.61. The standard InChI is InChI=1S/C16H17ClFNO/c1-11(12-4-7-15(20-2)8-5-12)19-10-13-3-6-14(18)9-16(13)17/h3-9,11,19H,10H2,1-2H3. The van der Waals surface area contributed by atoms with Gasteiger partial charge in [0.1, 0.15) is 11.6 Å². The Morgan fingerprint density at radius 1 is 1.20 bits per heavy atom. The summed E-state index contributed by atoms with van der Waals surface area (Å²) in [5.74, 6) is 0.518. The monoisotopic (exact) mass is 293 g/mol. The van der Waals surface area contributed by atoms with Gasteiger partial charge in [0.15, 0.2) is 0 Å². The smallest absolute Gasteiger partial charge is 0.124 e. The first-order valence-corrected chi connectivity index (χ1v) is 6.79. The highest BCUT2D eigenvalue weighted by Gasteiger charge is 2.07. The summed E-state index contributed by atoms with van der Waals surface area (Å²) >= 11 is 6.00. The van der Waals surface area contributed by atoms with E-state index in [0.29, 0.717) is 11.6 Å². The Kier molecular flexibility index (Phi) is 4.99. The minimum absolute atomic E-state index is 0.169. The van der Waals surface area contributed by atoms with Gasteiger partial charge in [-0.1, -0.05) is 29.8 Å². The van der Waals surface area contributed by atoms with Crippen LogP contribution in [0.5, 0.6) is 5.75 Å². The lowest BCUT2D eigenvalue weighted by Crippen LogP contribution is -2.18. The maximum absolute atomic E-state index is 13.0. The molecule has 0 aliphatic rings. The van der Waals surface area contributed by atoms with Crippen molar-refractivity contribution in [2.24, 2.45) is 0 Å². The van der Waals surface area contributed by atoms with E-state index in [4.69, 9.17) is 16.3 Å². The first-order valence-electron chi connectivity index (χ1n) is 6.41. The van der Waals surface area contributed by atoms with Crippen LogP contribution in [0.4, 0.5) is 4.39 Å². The fraction of sp³-hybridized carbons (Fsp3) is 0.250. The lowest BCUT2D eigenvalue weighted by Gasteiger charge is -2.15. The van der Waals surface area contributed by atoms with Gasteiger partial charge >= 0.3 is 0 Å². The first kappa shape index (κ1) is 14.8. The van der Waals surface area contributed by atoms with Crippen molar-refractivity contribution in [1.29, 1.82) is 0 Å². The van der Waals surface area contributed by atoms with Crippen LogP contribution in [0.25, 0.3) is 0 Å². The lowest BCUT2D eigenvalue weighted by atomic mass is 10.1. The zero-order chi connectivity index (χ0) is 14.5. The summed E-state index contributed by atoms with van der Waals surface area (Å²) in [6, 6.07) is 12.5. The van der Waals surface area contributed by atoms with Gasteiger partial charge in [-0.15, -0.1) is 0 Å². The molecule has 0 saturated carbocycles. The Bertz CT molecular complexity index is 571. The van der Waals surface area contributed by atoms with Crippen molar-refractivity contribution in [2.45, 2.75) is 19.5 Å². The molecule has 106 valence electrons. The Morgan fingerprint density at radius 2 is 1.90 bits per heavy atom. The van der Waals surface area contributed by atoms with Gasteiger partial charge in [-0.25, -0.2) is 4.39 Å². The number of rotatable bonds is 5. The number of hydrogen-bond acceptors (Lipinski definition) is 2. The van der Waals surface area contributed by atoms with Gasteiger partial charge in [0.25, 0.3) is 0 Å². The number of halogens is 2. The summed E-state index contributed by atoms with van der Waals surface area (Å²) < 4.78 is 18.1. The molecule has 20 heavy (non-hydrogen) atoms. The molecule has 2 rings (SSSR count). The molecule has 1 atom stereocenters. The van der Waals surface area contributed by atoms with Crippen LogP contribution in [0.15, 0.2) is 42.5 Å². The van der Waals surface area contributed by atoms with Crippen LogP contribution in [0, 0.1) is 5.82 Å². The van der Waals surface area contributed by atoms with Crippen molar-refractivity contribution in [3.8, 4) is 5.75 Å². The summed E-state index contributed by atoms with van der Waals surface area (Å²) in [4.78, 5) is 0. The number of benzene rings is 2. The van der Waals surface area contributed by atoms with E-state index < -0.39 is 0 Å². The van der Waals surface area contributed by atoms with E-state index in [2.05, 4.69) is 12.2 Å². The van der Waals surface area contributed by atoms with Gasteiger partial charge in [0, 0.05) is 17.6 Å². The van der Waals surface area contributed by atoms with Crippen LogP contribution >= 0.6 is 11.6 Å². The Hall–Kier alpha value is -1.58. The van der Waals surface area contributed by atoms with Gasteiger partial charge in [0.2, 0.25) is 0 Å². The van der Waals surface area contributed by atoms with Crippen molar-refractivity contribution >= 4 is 11.6 Å². The average molecular weight is 294 g/mol. The fourth-order valence-corrected chi connectivity index (χ4v) is 2.17. The SMILES string of the molecule is COc1ccc(C(C)NCc2ccc(F)cc2Cl)cc1. The van der Waals surface area contributed by atoms with Crippen LogP contribution in [-0.4, -0.2) is 7.11 Å². The van der Waals surface area contributed by atoms with Crippen LogP contribution in [0.3, 0.4) is 0 Å². The van der Waals surface area contributed by atoms with E-state index >= 15 is 0 Å². The van der Waals surface area contributed by atoms with Crippen molar-refractivity contribution in [2.75, 3.05) is 7.11 Å². The minimum atomic E-state index is -0.318. The number of methoxy groups -OCH3 is 1. The van der Waals surface area contributed by atoms with Gasteiger partial charge < -0.3 is 10.1 Å². The second-order valence-corrected chi connectivity index (χ2v) is 5.02. The third kappa shape index (κ3) is 3.71. The Morgan fingerprint density at radius 3 is 2.50 bits per heavy atom. The molecule has 0 aliphatic carbocycles.